The molecular weight excluding hydrogens is 362 g/mol. The minimum absolute atomic E-state index is 0.0541. The van der Waals surface area contributed by atoms with E-state index in [0.29, 0.717) is 23.0 Å². The number of amides is 1. The summed E-state index contributed by atoms with van der Waals surface area (Å²) in [4.78, 5) is 22.0. The third-order valence-corrected chi connectivity index (χ3v) is 4.38. The van der Waals surface area contributed by atoms with Crippen LogP contribution in [0.1, 0.15) is 12.8 Å². The predicted octanol–water partition coefficient (Wildman–Crippen LogP) is 1.30. The van der Waals surface area contributed by atoms with Gasteiger partial charge in [-0.3, -0.25) is 9.69 Å². The number of rotatable bonds is 7. The van der Waals surface area contributed by atoms with E-state index < -0.39 is 0 Å². The average Bonchev–Trinajstić information content (AvgIpc) is 3.57. The molecule has 0 radical (unpaired) electrons. The third kappa shape index (κ3) is 3.75. The molecule has 148 valence electrons. The Balaban J connectivity index is 1.81. The van der Waals surface area contributed by atoms with Crippen molar-refractivity contribution in [1.82, 2.24) is 15.2 Å². The molecule has 1 saturated carbocycles. The molecular formula is C18H23N7O3. The Bertz CT molecular complexity index is 887. The Morgan fingerprint density at radius 2 is 2.25 bits per heavy atom. The Labute approximate surface area is 162 Å². The van der Waals surface area contributed by atoms with E-state index in [4.69, 9.17) is 20.6 Å². The van der Waals surface area contributed by atoms with Gasteiger partial charge in [0, 0.05) is 26.2 Å². The number of carbonyl (C=O) groups excluding carboxylic acids is 1. The quantitative estimate of drug-likeness (QED) is 0.410. The maximum atomic E-state index is 12.1. The van der Waals surface area contributed by atoms with E-state index in [2.05, 4.69) is 20.6 Å². The van der Waals surface area contributed by atoms with E-state index in [0.717, 1.165) is 19.1 Å². The number of carbonyl (C=O) groups is 1. The van der Waals surface area contributed by atoms with Crippen LogP contribution in [0.5, 0.6) is 11.5 Å². The van der Waals surface area contributed by atoms with Crippen molar-refractivity contribution < 1.29 is 14.3 Å². The number of anilines is 2. The van der Waals surface area contributed by atoms with Gasteiger partial charge in [-0.15, -0.1) is 0 Å². The molecule has 1 aromatic rings. The maximum absolute atomic E-state index is 12.1. The SMILES string of the molecule is CNc1c(N)ncc(O/C(C=N)=C2\C=NC(N(C)C(=O)C3CC3)=CN2)c1OC. The maximum Gasteiger partial charge on any atom is 0.231 e. The average molecular weight is 385 g/mol. The zero-order valence-electron chi connectivity index (χ0n) is 15.9. The first-order chi connectivity index (χ1) is 13.5. The van der Waals surface area contributed by atoms with E-state index in [1.165, 1.54) is 24.4 Å². The summed E-state index contributed by atoms with van der Waals surface area (Å²) in [7, 11) is 4.87. The fourth-order valence-electron chi connectivity index (χ4n) is 2.67. The van der Waals surface area contributed by atoms with E-state index in [1.54, 1.807) is 20.3 Å². The van der Waals surface area contributed by atoms with Crippen molar-refractivity contribution in [3.8, 4) is 11.5 Å². The highest BCUT2D eigenvalue weighted by molar-refractivity contribution is 5.90. The molecule has 2 aliphatic rings. The van der Waals surface area contributed by atoms with Gasteiger partial charge in [0.25, 0.3) is 0 Å². The monoisotopic (exact) mass is 385 g/mol. The highest BCUT2D eigenvalue weighted by Gasteiger charge is 2.33. The summed E-state index contributed by atoms with van der Waals surface area (Å²) in [6.07, 6.45) is 7.42. The number of hydrogen-bond acceptors (Lipinski definition) is 9. The number of hydrogen-bond donors (Lipinski definition) is 4. The number of allylic oxidation sites excluding steroid dienone is 2. The molecule has 0 aromatic carbocycles. The lowest BCUT2D eigenvalue weighted by Gasteiger charge is -2.21. The Hall–Kier alpha value is -3.56. The van der Waals surface area contributed by atoms with Gasteiger partial charge < -0.3 is 31.3 Å². The number of aliphatic imine (C=N–C) groups is 1. The summed E-state index contributed by atoms with van der Waals surface area (Å²) in [5.41, 5.74) is 6.78. The molecule has 3 rings (SSSR count). The van der Waals surface area contributed by atoms with Crippen LogP contribution >= 0.6 is 0 Å². The number of ether oxygens (including phenoxy) is 2. The second-order valence-corrected chi connectivity index (χ2v) is 6.27. The van der Waals surface area contributed by atoms with Crippen LogP contribution in [-0.2, 0) is 4.79 Å². The van der Waals surface area contributed by atoms with E-state index in [-0.39, 0.29) is 29.2 Å². The number of nitrogens with one attached hydrogen (secondary N) is 3. The number of nitrogens with zero attached hydrogens (tertiary/aromatic N) is 3. The van der Waals surface area contributed by atoms with Gasteiger partial charge in [-0.1, -0.05) is 0 Å². The standard InChI is InChI=1S/C18H23N7O3/c1-21-15-16(27-3)13(8-24-17(15)20)28-12(6-19)11-7-23-14(9-22-11)25(2)18(26)10-4-5-10/h6-10,19,21-22H,4-5H2,1-3H3,(H2,20,24)/b12-11+,19-6?. The largest absolute Gasteiger partial charge is 0.491 e. The molecule has 1 fully saturated rings. The first kappa shape index (κ1) is 19.2. The summed E-state index contributed by atoms with van der Waals surface area (Å²) >= 11 is 0. The van der Waals surface area contributed by atoms with Gasteiger partial charge in [0.05, 0.1) is 25.7 Å². The molecule has 10 nitrogen and oxygen atoms in total. The van der Waals surface area contributed by atoms with Gasteiger partial charge in [0.15, 0.2) is 28.9 Å². The first-order valence-corrected chi connectivity index (χ1v) is 8.71. The van der Waals surface area contributed by atoms with E-state index >= 15 is 0 Å². The van der Waals surface area contributed by atoms with Gasteiger partial charge in [-0.25, -0.2) is 9.98 Å². The van der Waals surface area contributed by atoms with Gasteiger partial charge in [0.2, 0.25) is 5.91 Å². The van der Waals surface area contributed by atoms with Crippen molar-refractivity contribution in [2.45, 2.75) is 12.8 Å². The molecule has 10 heteroatoms. The van der Waals surface area contributed by atoms with Crippen molar-refractivity contribution in [2.24, 2.45) is 10.9 Å². The van der Waals surface area contributed by atoms with Crippen LogP contribution in [0.2, 0.25) is 0 Å². The van der Waals surface area contributed by atoms with Crippen LogP contribution in [0.25, 0.3) is 0 Å². The summed E-state index contributed by atoms with van der Waals surface area (Å²) in [6.45, 7) is 0. The summed E-state index contributed by atoms with van der Waals surface area (Å²) in [5.74, 6) is 1.77. The fourth-order valence-corrected chi connectivity index (χ4v) is 2.67. The molecule has 5 N–H and O–H groups in total. The molecule has 0 atom stereocenters. The first-order valence-electron chi connectivity index (χ1n) is 8.71. The number of pyridine rings is 1. The van der Waals surface area contributed by atoms with E-state index in [9.17, 15) is 4.79 Å². The van der Waals surface area contributed by atoms with Crippen LogP contribution in [0.3, 0.4) is 0 Å². The molecule has 28 heavy (non-hydrogen) atoms. The van der Waals surface area contributed by atoms with Gasteiger partial charge in [-0.2, -0.15) is 0 Å². The van der Waals surface area contributed by atoms with Gasteiger partial charge >= 0.3 is 0 Å². The van der Waals surface area contributed by atoms with Crippen LogP contribution < -0.4 is 25.8 Å². The van der Waals surface area contributed by atoms with Crippen molar-refractivity contribution >= 4 is 29.8 Å². The number of aromatic nitrogens is 1. The zero-order chi connectivity index (χ0) is 20.3. The van der Waals surface area contributed by atoms with Crippen molar-refractivity contribution in [2.75, 3.05) is 32.3 Å². The van der Waals surface area contributed by atoms with E-state index in [1.807, 2.05) is 0 Å². The second-order valence-electron chi connectivity index (χ2n) is 6.27. The topological polar surface area (TPSA) is 138 Å². The lowest BCUT2D eigenvalue weighted by molar-refractivity contribution is -0.129. The number of nitrogens with two attached hydrogens (primary N) is 1. The van der Waals surface area contributed by atoms with Crippen LogP contribution in [0.4, 0.5) is 11.5 Å². The third-order valence-electron chi connectivity index (χ3n) is 4.38. The minimum Gasteiger partial charge on any atom is -0.491 e. The smallest absolute Gasteiger partial charge is 0.231 e. The molecule has 0 bridgehead atoms. The lowest BCUT2D eigenvalue weighted by Crippen LogP contribution is -2.30. The second kappa shape index (κ2) is 7.99. The van der Waals surface area contributed by atoms with Crippen molar-refractivity contribution in [3.63, 3.8) is 0 Å². The zero-order valence-corrected chi connectivity index (χ0v) is 15.9. The van der Waals surface area contributed by atoms with Gasteiger partial charge in [0.1, 0.15) is 11.4 Å². The molecule has 0 unspecified atom stereocenters. The molecule has 0 spiro atoms. The number of nitrogen functional groups attached to an aromatic ring is 1. The summed E-state index contributed by atoms with van der Waals surface area (Å²) in [6, 6.07) is 0. The molecule has 1 aliphatic carbocycles. The van der Waals surface area contributed by atoms with Crippen molar-refractivity contribution in [1.29, 1.82) is 5.41 Å². The molecule has 1 aromatic heterocycles. The predicted molar refractivity (Wildman–Crippen MR) is 106 cm³/mol. The molecule has 0 saturated heterocycles. The van der Waals surface area contributed by atoms with Crippen LogP contribution in [0, 0.1) is 11.3 Å². The summed E-state index contributed by atoms with van der Waals surface area (Å²) in [5, 5.41) is 13.6. The van der Waals surface area contributed by atoms with Crippen LogP contribution in [-0.4, -0.2) is 49.4 Å². The minimum atomic E-state index is 0.0541. The lowest BCUT2D eigenvalue weighted by atomic mass is 10.3. The van der Waals surface area contributed by atoms with Crippen LogP contribution in [0.15, 0.2) is 34.7 Å². The molecule has 1 amide bonds. The van der Waals surface area contributed by atoms with Gasteiger partial charge in [-0.05, 0) is 12.8 Å². The summed E-state index contributed by atoms with van der Waals surface area (Å²) < 4.78 is 11.2. The Morgan fingerprint density at radius 3 is 2.79 bits per heavy atom. The highest BCUT2D eigenvalue weighted by atomic mass is 16.5. The Kier molecular flexibility index (Phi) is 5.48. The fraction of sp³-hybridized carbons (Fsp3) is 0.333. The number of methoxy groups -OCH3 is 1. The highest BCUT2D eigenvalue weighted by Crippen LogP contribution is 2.38. The Morgan fingerprint density at radius 1 is 1.50 bits per heavy atom. The van der Waals surface area contributed by atoms with Crippen molar-refractivity contribution in [3.05, 3.63) is 29.7 Å². The normalized spacial score (nSPS) is 17.2. The molecule has 2 heterocycles. The molecule has 1 aliphatic heterocycles.